The molecule has 0 spiro atoms. The largest absolute Gasteiger partial charge is 0.444 e. The number of hydrogen-bond acceptors (Lipinski definition) is 5. The van der Waals surface area contributed by atoms with Crippen LogP contribution in [-0.4, -0.2) is 52.0 Å². The van der Waals surface area contributed by atoms with Crippen LogP contribution in [0.25, 0.3) is 0 Å². The van der Waals surface area contributed by atoms with Gasteiger partial charge in [-0.3, -0.25) is 9.88 Å². The van der Waals surface area contributed by atoms with Gasteiger partial charge in [0, 0.05) is 25.5 Å². The molecular formula is C19H30N4O4. The van der Waals surface area contributed by atoms with Crippen molar-refractivity contribution in [3.63, 3.8) is 0 Å². The third-order valence-corrected chi connectivity index (χ3v) is 4.19. The summed E-state index contributed by atoms with van der Waals surface area (Å²) in [4.78, 5) is 30.3. The number of amides is 3. The van der Waals surface area contributed by atoms with E-state index < -0.39 is 17.4 Å². The minimum atomic E-state index is -0.818. The summed E-state index contributed by atoms with van der Waals surface area (Å²) in [7, 11) is 0. The molecule has 2 N–H and O–H groups in total. The number of rotatable bonds is 4. The van der Waals surface area contributed by atoms with Gasteiger partial charge in [0.05, 0.1) is 12.1 Å². The van der Waals surface area contributed by atoms with Crippen molar-refractivity contribution < 1.29 is 19.1 Å². The predicted molar refractivity (Wildman–Crippen MR) is 101 cm³/mol. The maximum atomic E-state index is 12.7. The Hall–Kier alpha value is -2.35. The molecule has 150 valence electrons. The van der Waals surface area contributed by atoms with E-state index in [0.717, 1.165) is 5.56 Å². The van der Waals surface area contributed by atoms with Crippen LogP contribution in [0.4, 0.5) is 9.59 Å². The van der Waals surface area contributed by atoms with Gasteiger partial charge in [-0.1, -0.05) is 0 Å². The van der Waals surface area contributed by atoms with Crippen LogP contribution >= 0.6 is 0 Å². The number of pyridine rings is 1. The first kappa shape index (κ1) is 21.0. The topological polar surface area (TPSA) is 92.8 Å². The number of urea groups is 1. The quantitative estimate of drug-likeness (QED) is 0.840. The first-order chi connectivity index (χ1) is 12.5. The summed E-state index contributed by atoms with van der Waals surface area (Å²) in [6, 6.07) is 3.02. The lowest BCUT2D eigenvalue weighted by molar-refractivity contribution is -0.0756. The molecule has 0 radical (unpaired) electrons. The summed E-state index contributed by atoms with van der Waals surface area (Å²) >= 11 is 0. The number of carbonyl (C=O) groups excluding carboxylic acids is 2. The molecule has 1 aliphatic rings. The lowest BCUT2D eigenvalue weighted by Gasteiger charge is -2.35. The molecule has 1 aromatic heterocycles. The zero-order valence-corrected chi connectivity index (χ0v) is 16.9. The Morgan fingerprint density at radius 3 is 2.48 bits per heavy atom. The Kier molecular flexibility index (Phi) is 6.30. The summed E-state index contributed by atoms with van der Waals surface area (Å²) in [6.45, 7) is 11.6. The highest BCUT2D eigenvalue weighted by molar-refractivity contribution is 5.74. The lowest BCUT2D eigenvalue weighted by Crippen LogP contribution is -2.54. The number of nitrogens with zero attached hydrogens (tertiary/aromatic N) is 2. The molecule has 1 fully saturated rings. The molecule has 1 saturated heterocycles. The van der Waals surface area contributed by atoms with E-state index >= 15 is 0 Å². The summed E-state index contributed by atoms with van der Waals surface area (Å²) in [6.07, 6.45) is 2.65. The van der Waals surface area contributed by atoms with Gasteiger partial charge in [-0.25, -0.2) is 9.59 Å². The van der Waals surface area contributed by atoms with E-state index in [1.54, 1.807) is 17.3 Å². The number of nitrogens with one attached hydrogen (secondary N) is 2. The highest BCUT2D eigenvalue weighted by atomic mass is 16.6. The molecule has 27 heavy (non-hydrogen) atoms. The number of carbonyl (C=O) groups is 2. The summed E-state index contributed by atoms with van der Waals surface area (Å²) in [5.41, 5.74) is -0.477. The Labute approximate surface area is 160 Å². The molecule has 2 heterocycles. The van der Waals surface area contributed by atoms with Crippen molar-refractivity contribution in [3.05, 3.63) is 30.1 Å². The van der Waals surface area contributed by atoms with Crippen molar-refractivity contribution in [3.8, 4) is 0 Å². The lowest BCUT2D eigenvalue weighted by atomic mass is 10.1. The van der Waals surface area contributed by atoms with E-state index in [1.807, 2.05) is 53.7 Å². The van der Waals surface area contributed by atoms with E-state index in [4.69, 9.17) is 9.47 Å². The van der Waals surface area contributed by atoms with Crippen LogP contribution in [0.3, 0.4) is 0 Å². The highest BCUT2D eigenvalue weighted by Gasteiger charge is 2.49. The second kappa shape index (κ2) is 8.12. The maximum absolute atomic E-state index is 12.7. The Morgan fingerprint density at radius 1 is 1.26 bits per heavy atom. The molecule has 8 heteroatoms. The average molecular weight is 378 g/mol. The molecule has 0 aliphatic carbocycles. The average Bonchev–Trinajstić information content (AvgIpc) is 2.78. The fourth-order valence-corrected chi connectivity index (χ4v) is 3.07. The second-order valence-corrected chi connectivity index (χ2v) is 8.11. The zero-order valence-electron chi connectivity index (χ0n) is 16.9. The number of ether oxygens (including phenoxy) is 2. The third kappa shape index (κ3) is 5.82. The van der Waals surface area contributed by atoms with Crippen LogP contribution in [0.5, 0.6) is 0 Å². The molecule has 2 rings (SSSR count). The van der Waals surface area contributed by atoms with Gasteiger partial charge < -0.3 is 20.1 Å². The van der Waals surface area contributed by atoms with Crippen LogP contribution in [-0.2, 0) is 16.0 Å². The minimum Gasteiger partial charge on any atom is -0.444 e. The first-order valence-electron chi connectivity index (χ1n) is 9.10. The SMILES string of the molecule is C[C@@H]1OC(C)(C)N(C(=O)OC(C)(C)C)[C@H]1CNC(=O)NCc1ccncc1. The van der Waals surface area contributed by atoms with Crippen LogP contribution in [0.15, 0.2) is 24.5 Å². The van der Waals surface area contributed by atoms with Gasteiger partial charge in [0.1, 0.15) is 11.3 Å². The van der Waals surface area contributed by atoms with Crippen molar-refractivity contribution >= 4 is 12.1 Å². The van der Waals surface area contributed by atoms with Crippen molar-refractivity contribution in [2.24, 2.45) is 0 Å². The van der Waals surface area contributed by atoms with E-state index in [-0.39, 0.29) is 24.7 Å². The standard InChI is InChI=1S/C19H30N4O4/c1-13-15(12-22-16(24)21-11-14-7-9-20-10-8-14)23(19(5,6)26-13)17(25)27-18(2,3)4/h7-10,13,15H,11-12H2,1-6H3,(H2,21,22,24)/t13-,15-/m0/s1. The van der Waals surface area contributed by atoms with E-state index in [2.05, 4.69) is 15.6 Å². The molecular weight excluding hydrogens is 348 g/mol. The van der Waals surface area contributed by atoms with Gasteiger partial charge in [-0.15, -0.1) is 0 Å². The molecule has 8 nitrogen and oxygen atoms in total. The zero-order chi connectivity index (χ0) is 20.2. The monoisotopic (exact) mass is 378 g/mol. The molecule has 0 bridgehead atoms. The van der Waals surface area contributed by atoms with Gasteiger partial charge in [0.15, 0.2) is 0 Å². The number of aromatic nitrogens is 1. The van der Waals surface area contributed by atoms with Gasteiger partial charge in [-0.2, -0.15) is 0 Å². The van der Waals surface area contributed by atoms with Gasteiger partial charge in [0.25, 0.3) is 0 Å². The molecule has 0 aromatic carbocycles. The molecule has 1 aromatic rings. The molecule has 0 unspecified atom stereocenters. The summed E-state index contributed by atoms with van der Waals surface area (Å²) in [5, 5.41) is 5.60. The van der Waals surface area contributed by atoms with Crippen LogP contribution in [0, 0.1) is 0 Å². The smallest absolute Gasteiger partial charge is 0.412 e. The fourth-order valence-electron chi connectivity index (χ4n) is 3.07. The van der Waals surface area contributed by atoms with Crippen molar-refractivity contribution in [2.45, 2.75) is 71.6 Å². The van der Waals surface area contributed by atoms with Gasteiger partial charge in [0.2, 0.25) is 0 Å². The van der Waals surface area contributed by atoms with Crippen LogP contribution < -0.4 is 10.6 Å². The van der Waals surface area contributed by atoms with Crippen LogP contribution in [0.1, 0.15) is 47.1 Å². The van der Waals surface area contributed by atoms with Crippen molar-refractivity contribution in [2.75, 3.05) is 6.54 Å². The maximum Gasteiger partial charge on any atom is 0.412 e. The predicted octanol–water partition coefficient (Wildman–Crippen LogP) is 2.64. The summed E-state index contributed by atoms with van der Waals surface area (Å²) in [5.74, 6) is 0. The minimum absolute atomic E-state index is 0.243. The normalized spacial score (nSPS) is 21.6. The van der Waals surface area contributed by atoms with Crippen molar-refractivity contribution in [1.82, 2.24) is 20.5 Å². The Bertz CT molecular complexity index is 657. The van der Waals surface area contributed by atoms with Gasteiger partial charge >= 0.3 is 12.1 Å². The Balaban J connectivity index is 1.95. The van der Waals surface area contributed by atoms with E-state index in [9.17, 15) is 9.59 Å². The highest BCUT2D eigenvalue weighted by Crippen LogP contribution is 2.33. The molecule has 2 atom stereocenters. The van der Waals surface area contributed by atoms with E-state index in [0.29, 0.717) is 6.54 Å². The van der Waals surface area contributed by atoms with Crippen LogP contribution in [0.2, 0.25) is 0 Å². The second-order valence-electron chi connectivity index (χ2n) is 8.11. The first-order valence-corrected chi connectivity index (χ1v) is 9.10. The third-order valence-electron chi connectivity index (χ3n) is 4.19. The van der Waals surface area contributed by atoms with Gasteiger partial charge in [-0.05, 0) is 59.2 Å². The fraction of sp³-hybridized carbons (Fsp3) is 0.632. The molecule has 1 aliphatic heterocycles. The van der Waals surface area contributed by atoms with Crippen molar-refractivity contribution in [1.29, 1.82) is 0 Å². The Morgan fingerprint density at radius 2 is 1.89 bits per heavy atom. The molecule has 3 amide bonds. The summed E-state index contributed by atoms with van der Waals surface area (Å²) < 4.78 is 11.4. The number of hydrogen-bond donors (Lipinski definition) is 2. The molecule has 0 saturated carbocycles. The van der Waals surface area contributed by atoms with E-state index in [1.165, 1.54) is 0 Å².